The number of aromatic nitrogens is 2. The summed E-state index contributed by atoms with van der Waals surface area (Å²) in [5.41, 5.74) is 1.37. The summed E-state index contributed by atoms with van der Waals surface area (Å²) in [7, 11) is 0. The zero-order valence-electron chi connectivity index (χ0n) is 21.0. The highest BCUT2D eigenvalue weighted by Crippen LogP contribution is 2.28. The Morgan fingerprint density at radius 3 is 2.51 bits per heavy atom. The second-order valence-corrected chi connectivity index (χ2v) is 10.4. The molecule has 2 aromatic heterocycles. The Morgan fingerprint density at radius 2 is 1.86 bits per heavy atom. The van der Waals surface area contributed by atoms with Crippen LogP contribution in [0.15, 0.2) is 35.1 Å². The SMILES string of the molecule is Cc1c(C(=O)OC(C)C)sc2nc(CN(Cc3ccccc3)C[C@@H](O)COCC(C)C)[nH]c(=O)c12. The van der Waals surface area contributed by atoms with Gasteiger partial charge in [0.2, 0.25) is 0 Å². The van der Waals surface area contributed by atoms with Crippen molar-refractivity contribution < 1.29 is 19.4 Å². The number of hydrogen-bond acceptors (Lipinski definition) is 8. The molecule has 0 aliphatic rings. The van der Waals surface area contributed by atoms with E-state index in [2.05, 4.69) is 23.8 Å². The Balaban J connectivity index is 1.83. The molecule has 0 saturated heterocycles. The largest absolute Gasteiger partial charge is 0.459 e. The predicted octanol–water partition coefficient (Wildman–Crippen LogP) is 3.89. The van der Waals surface area contributed by atoms with Crippen LogP contribution in [0.2, 0.25) is 0 Å². The molecule has 3 rings (SSSR count). The molecular weight excluding hydrogens is 466 g/mol. The number of H-pyrrole nitrogens is 1. The number of aromatic amines is 1. The number of ether oxygens (including phenoxy) is 2. The van der Waals surface area contributed by atoms with Gasteiger partial charge >= 0.3 is 5.97 Å². The van der Waals surface area contributed by atoms with Crippen LogP contribution in [0.4, 0.5) is 0 Å². The van der Waals surface area contributed by atoms with Crippen LogP contribution in [0.1, 0.15) is 54.3 Å². The number of aliphatic hydroxyl groups is 1. The number of carbonyl (C=O) groups excluding carboxylic acids is 1. The molecule has 0 spiro atoms. The number of thiophene rings is 1. The van der Waals surface area contributed by atoms with Crippen LogP contribution >= 0.6 is 11.3 Å². The van der Waals surface area contributed by atoms with Gasteiger partial charge in [0.1, 0.15) is 15.5 Å². The molecule has 0 radical (unpaired) electrons. The normalized spacial score (nSPS) is 12.7. The van der Waals surface area contributed by atoms with E-state index in [1.54, 1.807) is 20.8 Å². The summed E-state index contributed by atoms with van der Waals surface area (Å²) in [5.74, 6) is 0.413. The third kappa shape index (κ3) is 7.70. The average molecular weight is 502 g/mol. The van der Waals surface area contributed by atoms with Gasteiger partial charge in [-0.25, -0.2) is 9.78 Å². The fraction of sp³-hybridized carbons (Fsp3) is 0.500. The number of hydrogen-bond donors (Lipinski definition) is 2. The zero-order valence-corrected chi connectivity index (χ0v) is 21.9. The van der Waals surface area contributed by atoms with Crippen LogP contribution < -0.4 is 5.56 Å². The minimum Gasteiger partial charge on any atom is -0.459 e. The van der Waals surface area contributed by atoms with Gasteiger partial charge in [-0.2, -0.15) is 0 Å². The van der Waals surface area contributed by atoms with Gasteiger partial charge in [-0.3, -0.25) is 9.69 Å². The highest BCUT2D eigenvalue weighted by molar-refractivity contribution is 7.20. The number of benzene rings is 1. The van der Waals surface area contributed by atoms with Crippen molar-refractivity contribution in [1.29, 1.82) is 0 Å². The number of rotatable bonds is 12. The van der Waals surface area contributed by atoms with Gasteiger partial charge in [0.25, 0.3) is 5.56 Å². The lowest BCUT2D eigenvalue weighted by atomic mass is 10.2. The maximum absolute atomic E-state index is 12.9. The first-order valence-corrected chi connectivity index (χ1v) is 12.7. The minimum atomic E-state index is -0.686. The summed E-state index contributed by atoms with van der Waals surface area (Å²) in [5, 5.41) is 11.0. The highest BCUT2D eigenvalue weighted by Gasteiger charge is 2.22. The standard InChI is InChI=1S/C26H35N3O5S/c1-16(2)14-33-15-20(30)12-29(11-19-9-7-6-8-10-19)13-21-27-24(31)22-18(5)23(35-25(22)28-21)26(32)34-17(3)4/h6-10,16-17,20,30H,11-15H2,1-5H3,(H,27,28,31)/t20-/m1/s1. The van der Waals surface area contributed by atoms with Gasteiger partial charge in [0.05, 0.1) is 30.7 Å². The third-order valence-corrected chi connectivity index (χ3v) is 6.40. The molecule has 8 nitrogen and oxygen atoms in total. The van der Waals surface area contributed by atoms with E-state index < -0.39 is 12.1 Å². The molecule has 0 amide bonds. The molecule has 190 valence electrons. The number of aryl methyl sites for hydroxylation is 1. The van der Waals surface area contributed by atoms with Crippen molar-refractivity contribution in [2.75, 3.05) is 19.8 Å². The van der Waals surface area contributed by atoms with Crippen LogP contribution in [-0.4, -0.2) is 57.9 Å². The number of aliphatic hydroxyl groups excluding tert-OH is 1. The van der Waals surface area contributed by atoms with Gasteiger partial charge in [-0.1, -0.05) is 44.2 Å². The summed E-state index contributed by atoms with van der Waals surface area (Å²) < 4.78 is 10.9. The summed E-state index contributed by atoms with van der Waals surface area (Å²) in [6.45, 7) is 11.5. The molecule has 2 heterocycles. The minimum absolute atomic E-state index is 0.234. The molecule has 2 N–H and O–H groups in total. The molecule has 0 saturated carbocycles. The van der Waals surface area contributed by atoms with Crippen molar-refractivity contribution in [3.63, 3.8) is 0 Å². The summed E-state index contributed by atoms with van der Waals surface area (Å²) in [4.78, 5) is 35.8. The molecule has 0 aliphatic carbocycles. The molecule has 0 bridgehead atoms. The summed E-state index contributed by atoms with van der Waals surface area (Å²) in [6.07, 6.45) is -0.939. The fourth-order valence-corrected chi connectivity index (χ4v) is 4.84. The number of nitrogens with zero attached hydrogens (tertiary/aromatic N) is 2. The Labute approximate surface area is 209 Å². The second kappa shape index (κ2) is 12.4. The maximum Gasteiger partial charge on any atom is 0.348 e. The molecular formula is C26H35N3O5S. The highest BCUT2D eigenvalue weighted by atomic mass is 32.1. The molecule has 0 aliphatic heterocycles. The number of esters is 1. The van der Waals surface area contributed by atoms with Crippen molar-refractivity contribution in [2.24, 2.45) is 5.92 Å². The van der Waals surface area contributed by atoms with Crippen LogP contribution in [0, 0.1) is 12.8 Å². The van der Waals surface area contributed by atoms with Crippen molar-refractivity contribution in [2.45, 2.75) is 59.9 Å². The molecule has 1 aromatic carbocycles. The van der Waals surface area contributed by atoms with E-state index in [0.29, 0.717) is 58.6 Å². The molecule has 9 heteroatoms. The lowest BCUT2D eigenvalue weighted by Crippen LogP contribution is -2.35. The van der Waals surface area contributed by atoms with Crippen LogP contribution in [0.5, 0.6) is 0 Å². The first-order valence-electron chi connectivity index (χ1n) is 11.9. The zero-order chi connectivity index (χ0) is 25.5. The fourth-order valence-electron chi connectivity index (χ4n) is 3.75. The van der Waals surface area contributed by atoms with Crippen molar-refractivity contribution in [3.8, 4) is 0 Å². The van der Waals surface area contributed by atoms with E-state index in [1.165, 1.54) is 11.3 Å². The number of carbonyl (C=O) groups is 1. The van der Waals surface area contributed by atoms with E-state index in [1.807, 2.05) is 35.2 Å². The van der Waals surface area contributed by atoms with Crippen LogP contribution in [-0.2, 0) is 22.6 Å². The van der Waals surface area contributed by atoms with E-state index in [9.17, 15) is 14.7 Å². The monoisotopic (exact) mass is 501 g/mol. The Hall–Kier alpha value is -2.59. The van der Waals surface area contributed by atoms with E-state index >= 15 is 0 Å². The van der Waals surface area contributed by atoms with Gasteiger partial charge in [-0.05, 0) is 37.8 Å². The van der Waals surface area contributed by atoms with Crippen molar-refractivity contribution >= 4 is 27.5 Å². The van der Waals surface area contributed by atoms with Crippen molar-refractivity contribution in [3.05, 3.63) is 62.5 Å². The third-order valence-electron chi connectivity index (χ3n) is 5.23. The summed E-state index contributed by atoms with van der Waals surface area (Å²) >= 11 is 1.17. The Kier molecular flexibility index (Phi) is 9.56. The number of nitrogens with one attached hydrogen (secondary N) is 1. The quantitative estimate of drug-likeness (QED) is 0.363. The molecule has 1 atom stereocenters. The van der Waals surface area contributed by atoms with E-state index in [4.69, 9.17) is 9.47 Å². The van der Waals surface area contributed by atoms with Gasteiger partial charge < -0.3 is 19.6 Å². The topological polar surface area (TPSA) is 105 Å². The molecule has 35 heavy (non-hydrogen) atoms. The van der Waals surface area contributed by atoms with Gasteiger partial charge in [0, 0.05) is 19.7 Å². The van der Waals surface area contributed by atoms with Crippen LogP contribution in [0.3, 0.4) is 0 Å². The van der Waals surface area contributed by atoms with E-state index in [-0.39, 0.29) is 18.3 Å². The van der Waals surface area contributed by atoms with Gasteiger partial charge in [0.15, 0.2) is 0 Å². The predicted molar refractivity (Wildman–Crippen MR) is 138 cm³/mol. The molecule has 0 unspecified atom stereocenters. The second-order valence-electron chi connectivity index (χ2n) is 9.44. The summed E-state index contributed by atoms with van der Waals surface area (Å²) in [6, 6.07) is 9.92. The lowest BCUT2D eigenvalue weighted by molar-refractivity contribution is 0.00517. The lowest BCUT2D eigenvalue weighted by Gasteiger charge is -2.25. The van der Waals surface area contributed by atoms with Gasteiger partial charge in [-0.15, -0.1) is 11.3 Å². The van der Waals surface area contributed by atoms with E-state index in [0.717, 1.165) is 5.56 Å². The van der Waals surface area contributed by atoms with Crippen molar-refractivity contribution in [1.82, 2.24) is 14.9 Å². The van der Waals surface area contributed by atoms with Crippen LogP contribution in [0.25, 0.3) is 10.2 Å². The smallest absolute Gasteiger partial charge is 0.348 e. The molecule has 3 aromatic rings. The number of fused-ring (bicyclic) bond motifs is 1. The Bertz CT molecular complexity index is 1170. The average Bonchev–Trinajstić information content (AvgIpc) is 3.10. The maximum atomic E-state index is 12.9. The Morgan fingerprint density at radius 1 is 1.14 bits per heavy atom. The first kappa shape index (κ1) is 27.0. The first-order chi connectivity index (χ1) is 16.6. The molecule has 0 fully saturated rings.